The first-order chi connectivity index (χ1) is 9.15. The Balaban J connectivity index is 2.44. The number of aliphatic hydroxyl groups excluding tert-OH is 1. The molecule has 0 aliphatic carbocycles. The van der Waals surface area contributed by atoms with E-state index in [1.54, 1.807) is 0 Å². The highest BCUT2D eigenvalue weighted by molar-refractivity contribution is 5.33. The molecule has 1 aromatic rings. The second-order valence-electron chi connectivity index (χ2n) is 4.65. The molecule has 1 atom stereocenters. The van der Waals surface area contributed by atoms with E-state index in [1.165, 1.54) is 0 Å². The van der Waals surface area contributed by atoms with Crippen molar-refractivity contribution >= 4 is 0 Å². The van der Waals surface area contributed by atoms with Crippen LogP contribution < -0.4 is 10.5 Å². The summed E-state index contributed by atoms with van der Waals surface area (Å²) < 4.78 is 5.70. The Kier molecular flexibility index (Phi) is 6.34. The van der Waals surface area contributed by atoms with Gasteiger partial charge in [0.25, 0.3) is 0 Å². The zero-order valence-electron chi connectivity index (χ0n) is 11.4. The van der Waals surface area contributed by atoms with Gasteiger partial charge in [-0.25, -0.2) is 0 Å². The molecule has 0 spiro atoms. The number of nitrogens with zero attached hydrogens (tertiary/aromatic N) is 1. The summed E-state index contributed by atoms with van der Waals surface area (Å²) in [6.45, 7) is 2.56. The molecule has 0 aromatic heterocycles. The van der Waals surface area contributed by atoms with E-state index in [0.29, 0.717) is 25.9 Å². The summed E-state index contributed by atoms with van der Waals surface area (Å²) in [7, 11) is 0. The Morgan fingerprint density at radius 1 is 1.42 bits per heavy atom. The topological polar surface area (TPSA) is 79.3 Å². The predicted octanol–water partition coefficient (Wildman–Crippen LogP) is 2.01. The molecule has 1 unspecified atom stereocenters. The van der Waals surface area contributed by atoms with Gasteiger partial charge >= 0.3 is 0 Å². The number of rotatable bonds is 8. The van der Waals surface area contributed by atoms with Gasteiger partial charge in [-0.15, -0.1) is 0 Å². The Hall–Kier alpha value is -1.57. The SMILES string of the molecule is CCC(N)(C#N)CCCOc1ccccc1CCO. The maximum absolute atomic E-state index is 8.98. The summed E-state index contributed by atoms with van der Waals surface area (Å²) in [6, 6.07) is 9.82. The number of hydrogen-bond donors (Lipinski definition) is 2. The average molecular weight is 262 g/mol. The zero-order chi connectivity index (χ0) is 14.1. The highest BCUT2D eigenvalue weighted by Crippen LogP contribution is 2.19. The van der Waals surface area contributed by atoms with Gasteiger partial charge in [0.05, 0.1) is 12.7 Å². The monoisotopic (exact) mass is 262 g/mol. The summed E-state index contributed by atoms with van der Waals surface area (Å²) >= 11 is 0. The van der Waals surface area contributed by atoms with Crippen molar-refractivity contribution in [3.05, 3.63) is 29.8 Å². The van der Waals surface area contributed by atoms with E-state index in [9.17, 15) is 0 Å². The molecule has 0 aliphatic rings. The number of nitrogens with two attached hydrogens (primary N) is 1. The van der Waals surface area contributed by atoms with Gasteiger partial charge in [-0.1, -0.05) is 25.1 Å². The van der Waals surface area contributed by atoms with Crippen molar-refractivity contribution in [3.8, 4) is 11.8 Å². The smallest absolute Gasteiger partial charge is 0.122 e. The molecule has 0 saturated carbocycles. The second kappa shape index (κ2) is 7.78. The molecule has 19 heavy (non-hydrogen) atoms. The van der Waals surface area contributed by atoms with Crippen molar-refractivity contribution < 1.29 is 9.84 Å². The minimum atomic E-state index is -0.742. The Morgan fingerprint density at radius 3 is 2.79 bits per heavy atom. The van der Waals surface area contributed by atoms with Crippen LogP contribution in [0.25, 0.3) is 0 Å². The summed E-state index contributed by atoms with van der Waals surface area (Å²) in [4.78, 5) is 0. The van der Waals surface area contributed by atoms with Gasteiger partial charge in [0.15, 0.2) is 0 Å². The lowest BCUT2D eigenvalue weighted by Crippen LogP contribution is -2.37. The van der Waals surface area contributed by atoms with Gasteiger partial charge in [0.2, 0.25) is 0 Å². The van der Waals surface area contributed by atoms with Crippen LogP contribution in [0, 0.1) is 11.3 Å². The van der Waals surface area contributed by atoms with Gasteiger partial charge in [-0.05, 0) is 37.3 Å². The van der Waals surface area contributed by atoms with Gasteiger partial charge < -0.3 is 15.6 Å². The number of para-hydroxylation sites is 1. The number of hydrogen-bond acceptors (Lipinski definition) is 4. The normalized spacial score (nSPS) is 13.6. The summed E-state index contributed by atoms with van der Waals surface area (Å²) in [5.74, 6) is 0.799. The van der Waals surface area contributed by atoms with Crippen LogP contribution in [0.4, 0.5) is 0 Å². The van der Waals surface area contributed by atoms with Crippen molar-refractivity contribution in [2.24, 2.45) is 5.73 Å². The number of ether oxygens (including phenoxy) is 1. The standard InChI is InChI=1S/C15H22N2O2/c1-2-15(17,12-16)9-5-11-19-14-7-4-3-6-13(14)8-10-18/h3-4,6-7,18H,2,5,8-11,17H2,1H3. The summed E-state index contributed by atoms with van der Waals surface area (Å²) in [5.41, 5.74) is 6.16. The predicted molar refractivity (Wildman–Crippen MR) is 74.8 cm³/mol. The molecule has 0 aliphatic heterocycles. The van der Waals surface area contributed by atoms with Crippen molar-refractivity contribution in [1.82, 2.24) is 0 Å². The molecule has 0 fully saturated rings. The van der Waals surface area contributed by atoms with E-state index in [2.05, 4.69) is 6.07 Å². The summed E-state index contributed by atoms with van der Waals surface area (Å²) in [6.07, 6.45) is 2.60. The molecule has 4 heteroatoms. The lowest BCUT2D eigenvalue weighted by Gasteiger charge is -2.19. The maximum atomic E-state index is 8.98. The van der Waals surface area contributed by atoms with E-state index in [1.807, 2.05) is 31.2 Å². The van der Waals surface area contributed by atoms with Crippen molar-refractivity contribution in [2.45, 2.75) is 38.1 Å². The average Bonchev–Trinajstić information content (AvgIpc) is 2.45. The van der Waals surface area contributed by atoms with Crippen LogP contribution >= 0.6 is 0 Å². The first-order valence-electron chi connectivity index (χ1n) is 6.67. The van der Waals surface area contributed by atoms with Gasteiger partial charge in [0, 0.05) is 6.61 Å². The van der Waals surface area contributed by atoms with Gasteiger partial charge in [-0.2, -0.15) is 5.26 Å². The fourth-order valence-electron chi connectivity index (χ4n) is 1.85. The molecule has 0 saturated heterocycles. The second-order valence-corrected chi connectivity index (χ2v) is 4.65. The minimum absolute atomic E-state index is 0.108. The van der Waals surface area contributed by atoms with E-state index in [4.69, 9.17) is 20.8 Å². The van der Waals surface area contributed by atoms with Crippen molar-refractivity contribution in [1.29, 1.82) is 5.26 Å². The van der Waals surface area contributed by atoms with Crippen LogP contribution in [-0.2, 0) is 6.42 Å². The van der Waals surface area contributed by atoms with Crippen LogP contribution in [0.1, 0.15) is 31.7 Å². The molecule has 0 radical (unpaired) electrons. The van der Waals surface area contributed by atoms with Crippen molar-refractivity contribution in [3.63, 3.8) is 0 Å². The Bertz CT molecular complexity index is 428. The quantitative estimate of drug-likeness (QED) is 0.702. The van der Waals surface area contributed by atoms with E-state index >= 15 is 0 Å². The van der Waals surface area contributed by atoms with Crippen LogP contribution in [0.5, 0.6) is 5.75 Å². The van der Waals surface area contributed by atoms with E-state index < -0.39 is 5.54 Å². The van der Waals surface area contributed by atoms with Crippen molar-refractivity contribution in [2.75, 3.05) is 13.2 Å². The lowest BCUT2D eigenvalue weighted by atomic mass is 9.94. The molecule has 0 bridgehead atoms. The number of nitriles is 1. The molecular weight excluding hydrogens is 240 g/mol. The molecule has 0 amide bonds. The Morgan fingerprint density at radius 2 is 2.16 bits per heavy atom. The van der Waals surface area contributed by atoms with Gasteiger partial charge in [0.1, 0.15) is 11.3 Å². The molecule has 104 valence electrons. The summed E-state index contributed by atoms with van der Waals surface area (Å²) in [5, 5.41) is 18.0. The van der Waals surface area contributed by atoms with Crippen LogP contribution in [0.15, 0.2) is 24.3 Å². The van der Waals surface area contributed by atoms with Crippen LogP contribution in [-0.4, -0.2) is 23.9 Å². The lowest BCUT2D eigenvalue weighted by molar-refractivity contribution is 0.278. The number of aliphatic hydroxyl groups is 1. The first-order valence-corrected chi connectivity index (χ1v) is 6.67. The molecule has 4 nitrogen and oxygen atoms in total. The van der Waals surface area contributed by atoms with E-state index in [0.717, 1.165) is 17.7 Å². The highest BCUT2D eigenvalue weighted by atomic mass is 16.5. The first kappa shape index (κ1) is 15.5. The molecular formula is C15H22N2O2. The zero-order valence-corrected chi connectivity index (χ0v) is 11.4. The van der Waals surface area contributed by atoms with Gasteiger partial charge in [-0.3, -0.25) is 0 Å². The third-order valence-corrected chi connectivity index (χ3v) is 3.23. The molecule has 1 rings (SSSR count). The number of benzene rings is 1. The fraction of sp³-hybridized carbons (Fsp3) is 0.533. The molecule has 1 aromatic carbocycles. The highest BCUT2D eigenvalue weighted by Gasteiger charge is 2.21. The van der Waals surface area contributed by atoms with Crippen LogP contribution in [0.2, 0.25) is 0 Å². The minimum Gasteiger partial charge on any atom is -0.493 e. The third-order valence-electron chi connectivity index (χ3n) is 3.23. The fourth-order valence-corrected chi connectivity index (χ4v) is 1.85. The largest absolute Gasteiger partial charge is 0.493 e. The molecule has 0 heterocycles. The van der Waals surface area contributed by atoms with Crippen LogP contribution in [0.3, 0.4) is 0 Å². The third kappa shape index (κ3) is 4.90. The molecule has 3 N–H and O–H groups in total. The maximum Gasteiger partial charge on any atom is 0.122 e. The van der Waals surface area contributed by atoms with E-state index in [-0.39, 0.29) is 6.61 Å². The Labute approximate surface area is 114 Å².